The van der Waals surface area contributed by atoms with Crippen LogP contribution in [0.4, 0.5) is 5.88 Å². The van der Waals surface area contributed by atoms with Crippen molar-refractivity contribution >= 4 is 17.7 Å². The van der Waals surface area contributed by atoms with E-state index in [1.54, 1.807) is 0 Å². The lowest BCUT2D eigenvalue weighted by atomic mass is 10.1. The molecule has 1 aromatic heterocycles. The van der Waals surface area contributed by atoms with Crippen molar-refractivity contribution in [3.8, 4) is 0 Å². The number of furan rings is 1. The monoisotopic (exact) mass is 315 g/mol. The van der Waals surface area contributed by atoms with E-state index in [1.165, 1.54) is 19.1 Å². The Morgan fingerprint density at radius 2 is 1.96 bits per heavy atom. The van der Waals surface area contributed by atoms with Crippen LogP contribution in [0.3, 0.4) is 0 Å². The van der Waals surface area contributed by atoms with E-state index in [0.717, 1.165) is 10.6 Å². The Morgan fingerprint density at radius 3 is 2.52 bits per heavy atom. The third-order valence-corrected chi connectivity index (χ3v) is 3.30. The maximum atomic E-state index is 11.8. The second-order valence-corrected chi connectivity index (χ2v) is 5.04. The van der Waals surface area contributed by atoms with Crippen LogP contribution >= 0.6 is 0 Å². The first-order chi connectivity index (χ1) is 11.0. The maximum Gasteiger partial charge on any atom is 0.433 e. The van der Waals surface area contributed by atoms with Gasteiger partial charge in [0.05, 0.1) is 6.07 Å². The molecule has 1 aliphatic rings. The Hall–Kier alpha value is -3.16. The third kappa shape index (κ3) is 2.78. The van der Waals surface area contributed by atoms with E-state index >= 15 is 0 Å². The molecule has 0 N–H and O–H groups in total. The van der Waals surface area contributed by atoms with E-state index in [2.05, 4.69) is 5.10 Å². The number of carbonyl (C=O) groups is 1. The fourth-order valence-electron chi connectivity index (χ4n) is 2.14. The summed E-state index contributed by atoms with van der Waals surface area (Å²) in [5.41, 5.74) is 1.78. The number of rotatable bonds is 3. The molecule has 1 atom stereocenters. The Labute approximate surface area is 131 Å². The van der Waals surface area contributed by atoms with E-state index in [0.29, 0.717) is 5.56 Å². The van der Waals surface area contributed by atoms with Crippen molar-refractivity contribution in [2.75, 3.05) is 0 Å². The molecule has 8 nitrogen and oxygen atoms in total. The van der Waals surface area contributed by atoms with Gasteiger partial charge in [-0.05, 0) is 25.1 Å². The van der Waals surface area contributed by atoms with Crippen LogP contribution in [0.25, 0.3) is 0 Å². The molecule has 0 aliphatic carbocycles. The Balaban J connectivity index is 1.91. The Bertz CT molecular complexity index is 794. The highest BCUT2D eigenvalue weighted by atomic mass is 16.7. The molecular weight excluding hydrogens is 302 g/mol. The zero-order valence-electron chi connectivity index (χ0n) is 12.4. The van der Waals surface area contributed by atoms with Gasteiger partial charge < -0.3 is 9.15 Å². The van der Waals surface area contributed by atoms with Crippen LogP contribution in [0.2, 0.25) is 0 Å². The average molecular weight is 315 g/mol. The van der Waals surface area contributed by atoms with Gasteiger partial charge in [-0.3, -0.25) is 14.9 Å². The van der Waals surface area contributed by atoms with Gasteiger partial charge >= 0.3 is 5.88 Å². The van der Waals surface area contributed by atoms with Gasteiger partial charge in [0.2, 0.25) is 11.8 Å². The molecule has 0 saturated heterocycles. The van der Waals surface area contributed by atoms with E-state index in [4.69, 9.17) is 9.15 Å². The quantitative estimate of drug-likeness (QED) is 0.640. The van der Waals surface area contributed by atoms with Crippen LogP contribution in [0.1, 0.15) is 30.0 Å². The largest absolute Gasteiger partial charge is 0.442 e. The standard InChI is InChI=1S/C15H13N3O5/c1-9-3-5-11(6-4-9)14-16-17(10(2)19)15(23-14)12-7-8-13(22-12)18(20)21/h3-8,15H,1-2H3. The number of hydrogen-bond donors (Lipinski definition) is 0. The fourth-order valence-corrected chi connectivity index (χ4v) is 2.14. The summed E-state index contributed by atoms with van der Waals surface area (Å²) in [6, 6.07) is 10.0. The number of ether oxygens (including phenoxy) is 1. The SMILES string of the molecule is CC(=O)N1N=C(c2ccc(C)cc2)OC1c1ccc([N+](=O)[O-])o1. The van der Waals surface area contributed by atoms with Crippen molar-refractivity contribution in [2.24, 2.45) is 5.10 Å². The van der Waals surface area contributed by atoms with Crippen LogP contribution in [-0.2, 0) is 9.53 Å². The van der Waals surface area contributed by atoms with Gasteiger partial charge in [-0.25, -0.2) is 0 Å². The first kappa shape index (κ1) is 14.8. The van der Waals surface area contributed by atoms with Crippen LogP contribution in [0.15, 0.2) is 45.9 Å². The molecular formula is C15H13N3O5. The van der Waals surface area contributed by atoms with Gasteiger partial charge in [-0.2, -0.15) is 5.01 Å². The summed E-state index contributed by atoms with van der Waals surface area (Å²) in [6.07, 6.45) is -0.961. The molecule has 0 saturated carbocycles. The third-order valence-electron chi connectivity index (χ3n) is 3.30. The van der Waals surface area contributed by atoms with Crippen molar-refractivity contribution in [3.05, 3.63) is 63.4 Å². The van der Waals surface area contributed by atoms with Crippen LogP contribution in [0.5, 0.6) is 0 Å². The summed E-state index contributed by atoms with van der Waals surface area (Å²) < 4.78 is 10.8. The fraction of sp³-hybridized carbons (Fsp3) is 0.200. The molecule has 118 valence electrons. The van der Waals surface area contributed by atoms with Gasteiger partial charge in [0.25, 0.3) is 6.23 Å². The van der Waals surface area contributed by atoms with E-state index in [1.807, 2.05) is 31.2 Å². The zero-order valence-corrected chi connectivity index (χ0v) is 12.4. The number of amides is 1. The molecule has 2 heterocycles. The molecule has 23 heavy (non-hydrogen) atoms. The second kappa shape index (κ2) is 5.56. The van der Waals surface area contributed by atoms with Gasteiger partial charge in [-0.15, -0.1) is 5.10 Å². The minimum Gasteiger partial charge on any atom is -0.442 e. The number of nitrogens with zero attached hydrogens (tertiary/aromatic N) is 3. The summed E-state index contributed by atoms with van der Waals surface area (Å²) in [5, 5.41) is 16.0. The minimum absolute atomic E-state index is 0.137. The average Bonchev–Trinajstić information content (AvgIpc) is 3.14. The molecule has 2 aromatic rings. The molecule has 1 unspecified atom stereocenters. The predicted octanol–water partition coefficient (Wildman–Crippen LogP) is 2.74. The molecule has 0 radical (unpaired) electrons. The Morgan fingerprint density at radius 1 is 1.26 bits per heavy atom. The summed E-state index contributed by atoms with van der Waals surface area (Å²) in [5.74, 6) is -0.394. The number of carbonyl (C=O) groups excluding carboxylic acids is 1. The minimum atomic E-state index is -0.961. The predicted molar refractivity (Wildman–Crippen MR) is 79.4 cm³/mol. The number of benzene rings is 1. The molecule has 0 spiro atoms. The van der Waals surface area contributed by atoms with Gasteiger partial charge in [0.1, 0.15) is 4.92 Å². The highest BCUT2D eigenvalue weighted by Crippen LogP contribution is 2.32. The van der Waals surface area contributed by atoms with E-state index in [-0.39, 0.29) is 17.6 Å². The molecule has 0 bridgehead atoms. The molecule has 1 aromatic carbocycles. The van der Waals surface area contributed by atoms with Crippen molar-refractivity contribution < 1.29 is 18.9 Å². The van der Waals surface area contributed by atoms with Crippen molar-refractivity contribution in [1.82, 2.24) is 5.01 Å². The number of nitro groups is 1. The molecule has 0 fully saturated rings. The van der Waals surface area contributed by atoms with E-state index in [9.17, 15) is 14.9 Å². The van der Waals surface area contributed by atoms with Crippen LogP contribution in [0, 0.1) is 17.0 Å². The molecule has 3 rings (SSSR count). The lowest BCUT2D eigenvalue weighted by Crippen LogP contribution is -2.24. The number of aryl methyl sites for hydroxylation is 1. The lowest BCUT2D eigenvalue weighted by molar-refractivity contribution is -0.402. The van der Waals surface area contributed by atoms with Crippen molar-refractivity contribution in [2.45, 2.75) is 20.1 Å². The molecule has 1 amide bonds. The zero-order chi connectivity index (χ0) is 16.6. The van der Waals surface area contributed by atoms with E-state index < -0.39 is 17.0 Å². The molecule has 1 aliphatic heterocycles. The highest BCUT2D eigenvalue weighted by Gasteiger charge is 2.36. The topological polar surface area (TPSA) is 98.2 Å². The Kier molecular flexibility index (Phi) is 3.57. The second-order valence-electron chi connectivity index (χ2n) is 5.04. The molecule has 8 heteroatoms. The van der Waals surface area contributed by atoms with Crippen LogP contribution in [-0.4, -0.2) is 21.7 Å². The summed E-state index contributed by atoms with van der Waals surface area (Å²) >= 11 is 0. The summed E-state index contributed by atoms with van der Waals surface area (Å²) in [6.45, 7) is 3.28. The maximum absolute atomic E-state index is 11.8. The van der Waals surface area contributed by atoms with Gasteiger partial charge in [0.15, 0.2) is 5.76 Å². The first-order valence-corrected chi connectivity index (χ1v) is 6.82. The summed E-state index contributed by atoms with van der Waals surface area (Å²) in [4.78, 5) is 21.8. The smallest absolute Gasteiger partial charge is 0.433 e. The van der Waals surface area contributed by atoms with Crippen molar-refractivity contribution in [1.29, 1.82) is 0 Å². The lowest BCUT2D eigenvalue weighted by Gasteiger charge is -2.16. The van der Waals surface area contributed by atoms with Gasteiger partial charge in [0, 0.05) is 12.5 Å². The number of hydrazone groups is 1. The normalized spacial score (nSPS) is 16.9. The van der Waals surface area contributed by atoms with Gasteiger partial charge in [-0.1, -0.05) is 17.7 Å². The first-order valence-electron chi connectivity index (χ1n) is 6.82. The summed E-state index contributed by atoms with van der Waals surface area (Å²) in [7, 11) is 0. The highest BCUT2D eigenvalue weighted by molar-refractivity contribution is 5.96. The van der Waals surface area contributed by atoms with Crippen molar-refractivity contribution in [3.63, 3.8) is 0 Å². The number of hydrogen-bond acceptors (Lipinski definition) is 6. The van der Waals surface area contributed by atoms with Crippen LogP contribution < -0.4 is 0 Å².